The third-order valence-electron chi connectivity index (χ3n) is 4.63. The van der Waals surface area contributed by atoms with Gasteiger partial charge in [-0.3, -0.25) is 4.90 Å². The van der Waals surface area contributed by atoms with E-state index in [2.05, 4.69) is 44.5 Å². The van der Waals surface area contributed by atoms with Crippen LogP contribution < -0.4 is 10.6 Å². The van der Waals surface area contributed by atoms with Gasteiger partial charge in [-0.2, -0.15) is 4.98 Å². The van der Waals surface area contributed by atoms with E-state index in [0.717, 1.165) is 38.3 Å². The van der Waals surface area contributed by atoms with Crippen molar-refractivity contribution in [1.82, 2.24) is 25.7 Å². The molecular weight excluding hydrogens is 531 g/mol. The molecule has 31 heavy (non-hydrogen) atoms. The quantitative estimate of drug-likeness (QED) is 0.290. The minimum absolute atomic E-state index is 0. The van der Waals surface area contributed by atoms with E-state index in [-0.39, 0.29) is 30.1 Å². The van der Waals surface area contributed by atoms with Crippen molar-refractivity contribution in [2.75, 3.05) is 39.3 Å². The number of benzene rings is 1. The van der Waals surface area contributed by atoms with E-state index < -0.39 is 0 Å². The lowest BCUT2D eigenvalue weighted by Gasteiger charge is -2.34. The molecule has 2 heterocycles. The largest absolute Gasteiger partial charge is 0.374 e. The van der Waals surface area contributed by atoms with Crippen molar-refractivity contribution >= 4 is 41.5 Å². The van der Waals surface area contributed by atoms with Gasteiger partial charge in [0.1, 0.15) is 6.54 Å². The molecule has 172 valence electrons. The van der Waals surface area contributed by atoms with Gasteiger partial charge in [0, 0.05) is 43.3 Å². The van der Waals surface area contributed by atoms with E-state index in [1.807, 2.05) is 19.1 Å². The second-order valence-corrected chi connectivity index (χ2v) is 8.18. The monoisotopic (exact) mass is 562 g/mol. The van der Waals surface area contributed by atoms with Crippen LogP contribution in [0, 0.1) is 5.92 Å². The summed E-state index contributed by atoms with van der Waals surface area (Å²) in [5.74, 6) is 2.33. The second-order valence-electron chi connectivity index (χ2n) is 7.74. The molecule has 1 unspecified atom stereocenters. The normalized spacial score (nSPS) is 17.5. The third kappa shape index (κ3) is 8.55. The molecule has 1 aliphatic heterocycles. The van der Waals surface area contributed by atoms with Crippen LogP contribution in [-0.2, 0) is 11.3 Å². The van der Waals surface area contributed by atoms with E-state index in [0.29, 0.717) is 41.7 Å². The van der Waals surface area contributed by atoms with Gasteiger partial charge >= 0.3 is 0 Å². The zero-order valence-corrected chi connectivity index (χ0v) is 21.4. The maximum Gasteiger partial charge on any atom is 0.248 e. The Morgan fingerprint density at radius 2 is 2.06 bits per heavy atom. The Morgan fingerprint density at radius 3 is 2.77 bits per heavy atom. The van der Waals surface area contributed by atoms with E-state index in [9.17, 15) is 0 Å². The highest BCUT2D eigenvalue weighted by Gasteiger charge is 2.21. The molecule has 10 heteroatoms. The van der Waals surface area contributed by atoms with Gasteiger partial charge in [0.05, 0.1) is 12.7 Å². The summed E-state index contributed by atoms with van der Waals surface area (Å²) < 4.78 is 11.2. The number of guanidine groups is 1. The summed E-state index contributed by atoms with van der Waals surface area (Å²) in [6.45, 7) is 12.1. The summed E-state index contributed by atoms with van der Waals surface area (Å²) >= 11 is 5.93. The van der Waals surface area contributed by atoms with Gasteiger partial charge in [-0.25, -0.2) is 4.99 Å². The maximum absolute atomic E-state index is 5.93. The van der Waals surface area contributed by atoms with Crippen molar-refractivity contribution in [3.8, 4) is 11.4 Å². The number of halogens is 2. The van der Waals surface area contributed by atoms with Crippen molar-refractivity contribution in [2.45, 2.75) is 33.4 Å². The van der Waals surface area contributed by atoms with E-state index in [1.165, 1.54) is 0 Å². The van der Waals surface area contributed by atoms with Gasteiger partial charge in [-0.1, -0.05) is 30.6 Å². The van der Waals surface area contributed by atoms with Crippen LogP contribution in [0.3, 0.4) is 0 Å². The summed E-state index contributed by atoms with van der Waals surface area (Å²) in [5, 5.41) is 11.3. The Morgan fingerprint density at radius 1 is 1.29 bits per heavy atom. The topological polar surface area (TPSA) is 87.8 Å². The average Bonchev–Trinajstić information content (AvgIpc) is 3.19. The predicted octanol–water partition coefficient (Wildman–Crippen LogP) is 3.42. The molecule has 0 spiro atoms. The first-order valence-electron chi connectivity index (χ1n) is 10.5. The molecule has 1 aliphatic rings. The SMILES string of the molecule is CCNC(=NCc1nc(-c2ccc(Cl)cc2)no1)NCC1CN(CC(C)C)CCO1.I. The van der Waals surface area contributed by atoms with E-state index in [4.69, 9.17) is 20.9 Å². The molecule has 1 aromatic heterocycles. The Hall–Kier alpha value is -1.43. The smallest absolute Gasteiger partial charge is 0.248 e. The van der Waals surface area contributed by atoms with E-state index >= 15 is 0 Å². The van der Waals surface area contributed by atoms with Crippen LogP contribution >= 0.6 is 35.6 Å². The van der Waals surface area contributed by atoms with Crippen molar-refractivity contribution in [2.24, 2.45) is 10.9 Å². The molecule has 3 rings (SSSR count). The molecule has 2 N–H and O–H groups in total. The van der Waals surface area contributed by atoms with Crippen LogP contribution in [0.25, 0.3) is 11.4 Å². The molecule has 2 aromatic rings. The first kappa shape index (κ1) is 25.8. The van der Waals surface area contributed by atoms with Gasteiger partial charge < -0.3 is 19.9 Å². The highest BCUT2D eigenvalue weighted by molar-refractivity contribution is 14.0. The minimum atomic E-state index is 0. The summed E-state index contributed by atoms with van der Waals surface area (Å²) in [6, 6.07) is 7.32. The van der Waals surface area contributed by atoms with Gasteiger partial charge in [0.25, 0.3) is 0 Å². The summed E-state index contributed by atoms with van der Waals surface area (Å²) in [4.78, 5) is 11.4. The van der Waals surface area contributed by atoms with Crippen LogP contribution in [0.2, 0.25) is 5.02 Å². The Kier molecular flexibility index (Phi) is 11.0. The number of aromatic nitrogens is 2. The maximum atomic E-state index is 5.93. The number of rotatable bonds is 8. The van der Waals surface area contributed by atoms with Gasteiger partial charge in [-0.15, -0.1) is 24.0 Å². The molecule has 0 amide bonds. The minimum Gasteiger partial charge on any atom is -0.374 e. The predicted molar refractivity (Wildman–Crippen MR) is 134 cm³/mol. The molecule has 1 atom stereocenters. The fraction of sp³-hybridized carbons (Fsp3) is 0.571. The summed E-state index contributed by atoms with van der Waals surface area (Å²) in [5.41, 5.74) is 0.851. The van der Waals surface area contributed by atoms with Gasteiger partial charge in [-0.05, 0) is 37.1 Å². The summed E-state index contributed by atoms with van der Waals surface area (Å²) in [7, 11) is 0. The Bertz CT molecular complexity index is 814. The molecule has 1 saturated heterocycles. The fourth-order valence-corrected chi connectivity index (χ4v) is 3.45. The highest BCUT2D eigenvalue weighted by atomic mass is 127. The van der Waals surface area contributed by atoms with Crippen LogP contribution in [0.15, 0.2) is 33.8 Å². The standard InChI is InChI=1S/C21H31ClN6O2.HI/c1-4-23-21(24-11-18-14-28(9-10-29-18)13-15(2)3)25-12-19-26-20(27-30-19)16-5-7-17(22)8-6-16;/h5-8,15,18H,4,9-14H2,1-3H3,(H2,23,24,25);1H. The van der Waals surface area contributed by atoms with Crippen LogP contribution in [0.4, 0.5) is 0 Å². The zero-order valence-electron chi connectivity index (χ0n) is 18.3. The van der Waals surface area contributed by atoms with Crippen LogP contribution in [-0.4, -0.2) is 66.4 Å². The highest BCUT2D eigenvalue weighted by Crippen LogP contribution is 2.18. The average molecular weight is 563 g/mol. The fourth-order valence-electron chi connectivity index (χ4n) is 3.32. The van der Waals surface area contributed by atoms with Crippen molar-refractivity contribution < 1.29 is 9.26 Å². The lowest BCUT2D eigenvalue weighted by Crippen LogP contribution is -2.50. The summed E-state index contributed by atoms with van der Waals surface area (Å²) in [6.07, 6.45) is 0.140. The van der Waals surface area contributed by atoms with Crippen LogP contribution in [0.1, 0.15) is 26.7 Å². The molecule has 0 bridgehead atoms. The van der Waals surface area contributed by atoms with E-state index in [1.54, 1.807) is 12.1 Å². The lowest BCUT2D eigenvalue weighted by atomic mass is 10.2. The van der Waals surface area contributed by atoms with Crippen LogP contribution in [0.5, 0.6) is 0 Å². The number of hydrogen-bond donors (Lipinski definition) is 2. The van der Waals surface area contributed by atoms with Crippen molar-refractivity contribution in [3.63, 3.8) is 0 Å². The first-order chi connectivity index (χ1) is 14.5. The van der Waals surface area contributed by atoms with Gasteiger partial charge in [0.15, 0.2) is 5.96 Å². The molecule has 0 aliphatic carbocycles. The number of nitrogens with zero attached hydrogens (tertiary/aromatic N) is 4. The first-order valence-corrected chi connectivity index (χ1v) is 10.9. The molecule has 1 aromatic carbocycles. The molecule has 1 fully saturated rings. The molecule has 8 nitrogen and oxygen atoms in total. The Labute approximate surface area is 206 Å². The third-order valence-corrected chi connectivity index (χ3v) is 4.88. The molecule has 0 saturated carbocycles. The second kappa shape index (κ2) is 13.2. The van der Waals surface area contributed by atoms with Gasteiger partial charge in [0.2, 0.25) is 11.7 Å². The van der Waals surface area contributed by atoms with Crippen molar-refractivity contribution in [3.05, 3.63) is 35.2 Å². The number of nitrogens with one attached hydrogen (secondary N) is 2. The molecular formula is C21H32ClIN6O2. The number of ether oxygens (including phenoxy) is 1. The number of morpholine rings is 1. The number of hydrogen-bond acceptors (Lipinski definition) is 6. The Balaban J connectivity index is 0.00000341. The van der Waals surface area contributed by atoms with Crippen molar-refractivity contribution in [1.29, 1.82) is 0 Å². The lowest BCUT2D eigenvalue weighted by molar-refractivity contribution is -0.0284. The number of aliphatic imine (C=N–C) groups is 1. The molecule has 0 radical (unpaired) electrons. The zero-order chi connectivity index (χ0) is 21.3.